The average molecular weight is 460 g/mol. The average Bonchev–Trinajstić information content (AvgIpc) is 3.26. The lowest BCUT2D eigenvalue weighted by atomic mass is 9.89. The van der Waals surface area contributed by atoms with Crippen LogP contribution in [-0.4, -0.2) is 34.3 Å². The molecule has 2 aliphatic heterocycles. The SMILES string of the molecule is C=CC(=O)N1CCC[C@@H](c2cn(-c3ccc(Oc4ccccc4F)cc3)c3c2CNN=C3N)C1. The van der Waals surface area contributed by atoms with Gasteiger partial charge in [0.15, 0.2) is 17.4 Å². The number of halogens is 1. The number of carbonyl (C=O) groups excluding carboxylic acids is 1. The Morgan fingerprint density at radius 2 is 2.03 bits per heavy atom. The molecule has 5 rings (SSSR count). The lowest BCUT2D eigenvalue weighted by Crippen LogP contribution is -2.38. The third kappa shape index (κ3) is 4.03. The fourth-order valence-electron chi connectivity index (χ4n) is 4.73. The number of aromatic nitrogens is 1. The molecule has 1 amide bonds. The molecule has 0 spiro atoms. The fourth-order valence-corrected chi connectivity index (χ4v) is 4.73. The zero-order valence-electron chi connectivity index (χ0n) is 18.7. The molecule has 3 heterocycles. The third-order valence-electron chi connectivity index (χ3n) is 6.37. The van der Waals surface area contributed by atoms with Crippen molar-refractivity contribution in [1.82, 2.24) is 14.9 Å². The lowest BCUT2D eigenvalue weighted by Gasteiger charge is -2.32. The van der Waals surface area contributed by atoms with Gasteiger partial charge in [-0.3, -0.25) is 4.79 Å². The van der Waals surface area contributed by atoms with Crippen molar-refractivity contribution in [2.24, 2.45) is 10.8 Å². The summed E-state index contributed by atoms with van der Waals surface area (Å²) in [6, 6.07) is 13.7. The highest BCUT2D eigenvalue weighted by atomic mass is 19.1. The van der Waals surface area contributed by atoms with E-state index in [2.05, 4.69) is 23.3 Å². The molecule has 0 unspecified atom stereocenters. The third-order valence-corrected chi connectivity index (χ3v) is 6.37. The van der Waals surface area contributed by atoms with Gasteiger partial charge in [-0.25, -0.2) is 4.39 Å². The zero-order chi connectivity index (χ0) is 23.7. The molecule has 2 aliphatic rings. The number of nitrogens with two attached hydrogens (primary N) is 1. The fraction of sp³-hybridized carbons (Fsp3) is 0.231. The maximum absolute atomic E-state index is 13.9. The molecule has 7 nitrogen and oxygen atoms in total. The minimum absolute atomic E-state index is 0.0392. The maximum Gasteiger partial charge on any atom is 0.245 e. The Hall–Kier alpha value is -4.07. The molecule has 1 aromatic heterocycles. The van der Waals surface area contributed by atoms with Gasteiger partial charge in [0.25, 0.3) is 0 Å². The number of carbonyl (C=O) groups is 1. The van der Waals surface area contributed by atoms with Crippen LogP contribution in [0.25, 0.3) is 5.69 Å². The minimum Gasteiger partial charge on any atom is -0.454 e. The van der Waals surface area contributed by atoms with E-state index in [-0.39, 0.29) is 17.6 Å². The highest BCUT2D eigenvalue weighted by Gasteiger charge is 2.30. The summed E-state index contributed by atoms with van der Waals surface area (Å²) < 4.78 is 21.7. The first kappa shape index (κ1) is 21.8. The molecule has 174 valence electrons. The number of nitrogens with one attached hydrogen (secondary N) is 1. The molecule has 1 atom stereocenters. The van der Waals surface area contributed by atoms with Crippen LogP contribution in [0.5, 0.6) is 11.5 Å². The van der Waals surface area contributed by atoms with Crippen LogP contribution in [0.4, 0.5) is 4.39 Å². The topological polar surface area (TPSA) is 84.9 Å². The smallest absolute Gasteiger partial charge is 0.245 e. The van der Waals surface area contributed by atoms with Crippen molar-refractivity contribution in [2.75, 3.05) is 13.1 Å². The Bertz CT molecular complexity index is 1260. The van der Waals surface area contributed by atoms with E-state index in [1.807, 2.05) is 21.6 Å². The number of ether oxygens (including phenoxy) is 1. The Morgan fingerprint density at radius 3 is 2.79 bits per heavy atom. The van der Waals surface area contributed by atoms with Gasteiger partial charge in [-0.1, -0.05) is 18.7 Å². The summed E-state index contributed by atoms with van der Waals surface area (Å²) >= 11 is 0. The number of hydrazone groups is 1. The van der Waals surface area contributed by atoms with Gasteiger partial charge in [0.1, 0.15) is 5.75 Å². The van der Waals surface area contributed by atoms with Crippen molar-refractivity contribution in [2.45, 2.75) is 25.3 Å². The van der Waals surface area contributed by atoms with Crippen LogP contribution >= 0.6 is 0 Å². The van der Waals surface area contributed by atoms with Gasteiger partial charge in [-0.15, -0.1) is 0 Å². The van der Waals surface area contributed by atoms with Gasteiger partial charge >= 0.3 is 0 Å². The molecule has 0 aliphatic carbocycles. The second-order valence-corrected chi connectivity index (χ2v) is 8.47. The summed E-state index contributed by atoms with van der Waals surface area (Å²) in [7, 11) is 0. The van der Waals surface area contributed by atoms with Crippen LogP contribution in [0.2, 0.25) is 0 Å². The van der Waals surface area contributed by atoms with E-state index in [4.69, 9.17) is 10.5 Å². The molecule has 0 radical (unpaired) electrons. The van der Waals surface area contributed by atoms with Crippen molar-refractivity contribution in [3.63, 3.8) is 0 Å². The Kier molecular flexibility index (Phi) is 5.79. The molecule has 3 N–H and O–H groups in total. The van der Waals surface area contributed by atoms with E-state index in [1.165, 1.54) is 12.1 Å². The van der Waals surface area contributed by atoms with Gasteiger partial charge < -0.3 is 25.4 Å². The Morgan fingerprint density at radius 1 is 1.24 bits per heavy atom. The standard InChI is InChI=1S/C26H26FN5O2/c1-2-24(33)31-13-5-6-17(15-31)21-16-32(25-20(21)14-29-30-26(25)28)18-9-11-19(12-10-18)34-23-8-4-3-7-22(23)27/h2-4,7-12,16-17,29H,1,5-6,13-15H2,(H2,28,30)/t17-/m1/s1. The molecular weight excluding hydrogens is 433 g/mol. The Balaban J connectivity index is 1.47. The van der Waals surface area contributed by atoms with Gasteiger partial charge in [-0.05, 0) is 60.9 Å². The molecule has 1 fully saturated rings. The number of likely N-dealkylation sites (tertiary alicyclic amines) is 1. The maximum atomic E-state index is 13.9. The van der Waals surface area contributed by atoms with Crippen molar-refractivity contribution >= 4 is 11.7 Å². The second-order valence-electron chi connectivity index (χ2n) is 8.47. The number of hydrogen-bond acceptors (Lipinski definition) is 5. The molecule has 2 aromatic carbocycles. The quantitative estimate of drug-likeness (QED) is 0.565. The van der Waals surface area contributed by atoms with Gasteiger partial charge in [-0.2, -0.15) is 5.10 Å². The normalized spacial score (nSPS) is 17.4. The summed E-state index contributed by atoms with van der Waals surface area (Å²) in [6.07, 6.45) is 5.40. The van der Waals surface area contributed by atoms with Crippen molar-refractivity contribution in [1.29, 1.82) is 0 Å². The van der Waals surface area contributed by atoms with E-state index < -0.39 is 5.82 Å². The summed E-state index contributed by atoms with van der Waals surface area (Å²) in [6.45, 7) is 5.59. The number of nitrogens with zero attached hydrogens (tertiary/aromatic N) is 3. The monoisotopic (exact) mass is 459 g/mol. The number of benzene rings is 2. The number of amides is 1. The Labute approximate surface area is 197 Å². The van der Waals surface area contributed by atoms with Crippen molar-refractivity contribution in [3.05, 3.63) is 90.0 Å². The molecule has 0 saturated carbocycles. The van der Waals surface area contributed by atoms with Crippen LogP contribution in [0.15, 0.2) is 72.5 Å². The highest BCUT2D eigenvalue weighted by molar-refractivity contribution is 5.99. The molecule has 8 heteroatoms. The lowest BCUT2D eigenvalue weighted by molar-refractivity contribution is -0.127. The molecule has 1 saturated heterocycles. The van der Waals surface area contributed by atoms with Crippen molar-refractivity contribution < 1.29 is 13.9 Å². The van der Waals surface area contributed by atoms with Gasteiger partial charge in [0.05, 0.1) is 12.2 Å². The van der Waals surface area contributed by atoms with Crippen LogP contribution in [0.1, 0.15) is 35.6 Å². The van der Waals surface area contributed by atoms with Crippen LogP contribution in [0.3, 0.4) is 0 Å². The van der Waals surface area contributed by atoms with Gasteiger partial charge in [0, 0.05) is 36.5 Å². The number of piperidine rings is 1. The van der Waals surface area contributed by atoms with Gasteiger partial charge in [0.2, 0.25) is 5.91 Å². The first-order valence-corrected chi connectivity index (χ1v) is 11.3. The van der Waals surface area contributed by atoms with Crippen LogP contribution < -0.4 is 15.9 Å². The minimum atomic E-state index is -0.413. The van der Waals surface area contributed by atoms with E-state index in [9.17, 15) is 9.18 Å². The first-order valence-electron chi connectivity index (χ1n) is 11.3. The second kappa shape index (κ2) is 9.05. The van der Waals surface area contributed by atoms with E-state index in [0.717, 1.165) is 41.9 Å². The van der Waals surface area contributed by atoms with Crippen LogP contribution in [-0.2, 0) is 11.3 Å². The van der Waals surface area contributed by atoms with E-state index >= 15 is 0 Å². The molecule has 3 aromatic rings. The first-order chi connectivity index (χ1) is 16.5. The summed E-state index contributed by atoms with van der Waals surface area (Å²) in [5, 5.41) is 4.23. The predicted molar refractivity (Wildman–Crippen MR) is 129 cm³/mol. The molecular formula is C26H26FN5O2. The summed E-state index contributed by atoms with van der Waals surface area (Å²) in [5.41, 5.74) is 13.3. The van der Waals surface area contributed by atoms with Crippen LogP contribution in [0, 0.1) is 5.82 Å². The number of amidine groups is 1. The van der Waals surface area contributed by atoms with E-state index in [0.29, 0.717) is 24.7 Å². The van der Waals surface area contributed by atoms with E-state index in [1.54, 1.807) is 30.3 Å². The number of para-hydroxylation sites is 1. The highest BCUT2D eigenvalue weighted by Crippen LogP contribution is 2.35. The number of fused-ring (bicyclic) bond motifs is 1. The summed E-state index contributed by atoms with van der Waals surface area (Å²) in [4.78, 5) is 14.1. The zero-order valence-corrected chi connectivity index (χ0v) is 18.7. The number of rotatable bonds is 5. The summed E-state index contributed by atoms with van der Waals surface area (Å²) in [5.74, 6) is 0.864. The number of hydrogen-bond donors (Lipinski definition) is 2. The van der Waals surface area contributed by atoms with Crippen molar-refractivity contribution in [3.8, 4) is 17.2 Å². The molecule has 0 bridgehead atoms. The predicted octanol–water partition coefficient (Wildman–Crippen LogP) is 4.02. The largest absolute Gasteiger partial charge is 0.454 e. The molecule has 34 heavy (non-hydrogen) atoms.